The van der Waals surface area contributed by atoms with Gasteiger partial charge in [-0.2, -0.15) is 0 Å². The summed E-state index contributed by atoms with van der Waals surface area (Å²) in [4.78, 5) is 2.27. The van der Waals surface area contributed by atoms with Crippen molar-refractivity contribution < 1.29 is 14.2 Å². The molecule has 1 aliphatic rings. The molecule has 1 atom stereocenters. The number of aliphatic hydroxyl groups is 1. The largest absolute Gasteiger partial charge is 0.489 e. The Balaban J connectivity index is 1.75. The molecule has 1 unspecified atom stereocenters. The van der Waals surface area contributed by atoms with E-state index in [-0.39, 0.29) is 5.82 Å². The number of nitrogens with zero attached hydrogens (tertiary/aromatic N) is 1. The number of ether oxygens (including phenoxy) is 1. The summed E-state index contributed by atoms with van der Waals surface area (Å²) in [5.41, 5.74) is -0.541. The second kappa shape index (κ2) is 6.35. The van der Waals surface area contributed by atoms with Gasteiger partial charge in [-0.25, -0.2) is 4.39 Å². The van der Waals surface area contributed by atoms with Crippen LogP contribution in [0, 0.1) is 5.82 Å². The average molecular weight is 267 g/mol. The molecule has 0 spiro atoms. The van der Waals surface area contributed by atoms with Crippen molar-refractivity contribution >= 4 is 0 Å². The molecule has 1 aromatic carbocycles. The number of hydrogen-bond donors (Lipinski definition) is 1. The Kier molecular flexibility index (Phi) is 4.77. The molecule has 4 heteroatoms. The Morgan fingerprint density at radius 1 is 1.32 bits per heavy atom. The second-order valence-electron chi connectivity index (χ2n) is 5.47. The minimum Gasteiger partial charge on any atom is -0.489 e. The Bertz CT molecular complexity index is 409. The van der Waals surface area contributed by atoms with Gasteiger partial charge < -0.3 is 9.84 Å². The summed E-state index contributed by atoms with van der Waals surface area (Å²) in [7, 11) is 0. The van der Waals surface area contributed by atoms with Crippen molar-refractivity contribution in [3.05, 3.63) is 30.1 Å². The van der Waals surface area contributed by atoms with E-state index >= 15 is 0 Å². The number of benzene rings is 1. The molecule has 1 N–H and O–H groups in total. The van der Waals surface area contributed by atoms with Crippen LogP contribution in [-0.4, -0.2) is 41.8 Å². The third-order valence-electron chi connectivity index (χ3n) is 3.66. The van der Waals surface area contributed by atoms with Crippen molar-refractivity contribution in [2.24, 2.45) is 0 Å². The number of rotatable bonds is 4. The van der Waals surface area contributed by atoms with Crippen LogP contribution in [0.3, 0.4) is 0 Å². The lowest BCUT2D eigenvalue weighted by molar-refractivity contribution is 0.0442. The fourth-order valence-electron chi connectivity index (χ4n) is 2.39. The van der Waals surface area contributed by atoms with Gasteiger partial charge in [0.05, 0.1) is 5.60 Å². The van der Waals surface area contributed by atoms with E-state index in [4.69, 9.17) is 4.74 Å². The molecule has 1 aliphatic heterocycles. The SMILES string of the molecule is CC1(O)CCCN(CCOc2ccccc2F)CC1. The van der Waals surface area contributed by atoms with Gasteiger partial charge in [0.15, 0.2) is 11.6 Å². The lowest BCUT2D eigenvalue weighted by Crippen LogP contribution is -2.31. The fraction of sp³-hybridized carbons (Fsp3) is 0.600. The van der Waals surface area contributed by atoms with Crippen molar-refractivity contribution in [2.45, 2.75) is 31.8 Å². The molecule has 2 rings (SSSR count). The summed E-state index contributed by atoms with van der Waals surface area (Å²) in [6.07, 6.45) is 2.62. The summed E-state index contributed by atoms with van der Waals surface area (Å²) in [6, 6.07) is 6.46. The molecule has 0 aliphatic carbocycles. The molecule has 0 radical (unpaired) electrons. The van der Waals surface area contributed by atoms with Gasteiger partial charge in [-0.15, -0.1) is 0 Å². The first-order valence-corrected chi connectivity index (χ1v) is 6.89. The lowest BCUT2D eigenvalue weighted by Gasteiger charge is -2.22. The second-order valence-corrected chi connectivity index (χ2v) is 5.47. The highest BCUT2D eigenvalue weighted by molar-refractivity contribution is 5.23. The summed E-state index contributed by atoms with van der Waals surface area (Å²) in [5.74, 6) is -0.00869. The van der Waals surface area contributed by atoms with Gasteiger partial charge in [-0.05, 0) is 44.9 Å². The molecule has 19 heavy (non-hydrogen) atoms. The van der Waals surface area contributed by atoms with Crippen LogP contribution in [0.2, 0.25) is 0 Å². The van der Waals surface area contributed by atoms with E-state index in [1.807, 2.05) is 6.92 Å². The molecule has 1 aromatic rings. The minimum atomic E-state index is -0.541. The van der Waals surface area contributed by atoms with E-state index in [1.165, 1.54) is 6.07 Å². The monoisotopic (exact) mass is 267 g/mol. The third-order valence-corrected chi connectivity index (χ3v) is 3.66. The molecule has 1 heterocycles. The summed E-state index contributed by atoms with van der Waals surface area (Å²) in [6.45, 7) is 4.98. The Morgan fingerprint density at radius 3 is 2.89 bits per heavy atom. The average Bonchev–Trinajstić information content (AvgIpc) is 2.53. The molecule has 0 bridgehead atoms. The molecule has 106 valence electrons. The quantitative estimate of drug-likeness (QED) is 0.909. The molecular weight excluding hydrogens is 245 g/mol. The van der Waals surface area contributed by atoms with Gasteiger partial charge in [0, 0.05) is 13.1 Å². The maximum absolute atomic E-state index is 13.4. The first-order chi connectivity index (χ1) is 9.07. The van der Waals surface area contributed by atoms with E-state index in [9.17, 15) is 9.50 Å². The molecule has 0 saturated carbocycles. The number of para-hydroxylation sites is 1. The standard InChI is InChI=1S/C15H22FNO2/c1-15(18)7-4-9-17(10-8-15)11-12-19-14-6-3-2-5-13(14)16/h2-3,5-6,18H,4,7-12H2,1H3. The Labute approximate surface area is 114 Å². The zero-order valence-electron chi connectivity index (χ0n) is 11.4. The van der Waals surface area contributed by atoms with Crippen LogP contribution in [0.1, 0.15) is 26.2 Å². The van der Waals surface area contributed by atoms with Crippen molar-refractivity contribution in [3.8, 4) is 5.75 Å². The zero-order valence-corrected chi connectivity index (χ0v) is 11.4. The highest BCUT2D eigenvalue weighted by atomic mass is 19.1. The zero-order chi connectivity index (χ0) is 13.7. The normalized spacial score (nSPS) is 25.0. The number of likely N-dealkylation sites (tertiary alicyclic amines) is 1. The van der Waals surface area contributed by atoms with Crippen LogP contribution in [0.25, 0.3) is 0 Å². The summed E-state index contributed by atoms with van der Waals surface area (Å²) in [5, 5.41) is 10.0. The first-order valence-electron chi connectivity index (χ1n) is 6.89. The van der Waals surface area contributed by atoms with Gasteiger partial charge in [-0.1, -0.05) is 12.1 Å². The Morgan fingerprint density at radius 2 is 2.11 bits per heavy atom. The lowest BCUT2D eigenvalue weighted by atomic mass is 9.98. The topological polar surface area (TPSA) is 32.7 Å². The predicted octanol–water partition coefficient (Wildman–Crippen LogP) is 2.44. The van der Waals surface area contributed by atoms with E-state index < -0.39 is 5.60 Å². The Hall–Kier alpha value is -1.13. The highest BCUT2D eigenvalue weighted by Crippen LogP contribution is 2.21. The van der Waals surface area contributed by atoms with Gasteiger partial charge in [0.25, 0.3) is 0 Å². The number of halogens is 1. The van der Waals surface area contributed by atoms with Crippen LogP contribution >= 0.6 is 0 Å². The molecule has 0 amide bonds. The van der Waals surface area contributed by atoms with Crippen LogP contribution in [0.5, 0.6) is 5.75 Å². The fourth-order valence-corrected chi connectivity index (χ4v) is 2.39. The van der Waals surface area contributed by atoms with Crippen LogP contribution in [0.15, 0.2) is 24.3 Å². The maximum atomic E-state index is 13.4. The highest BCUT2D eigenvalue weighted by Gasteiger charge is 2.24. The third kappa shape index (κ3) is 4.48. The molecule has 1 saturated heterocycles. The van der Waals surface area contributed by atoms with Crippen molar-refractivity contribution in [3.63, 3.8) is 0 Å². The molecule has 3 nitrogen and oxygen atoms in total. The summed E-state index contributed by atoms with van der Waals surface area (Å²) < 4.78 is 18.8. The van der Waals surface area contributed by atoms with E-state index in [0.717, 1.165) is 38.9 Å². The van der Waals surface area contributed by atoms with E-state index in [0.29, 0.717) is 12.4 Å². The smallest absolute Gasteiger partial charge is 0.165 e. The maximum Gasteiger partial charge on any atom is 0.165 e. The summed E-state index contributed by atoms with van der Waals surface area (Å²) >= 11 is 0. The van der Waals surface area contributed by atoms with Crippen LogP contribution in [0.4, 0.5) is 4.39 Å². The van der Waals surface area contributed by atoms with Gasteiger partial charge in [0.1, 0.15) is 6.61 Å². The minimum absolute atomic E-state index is 0.310. The van der Waals surface area contributed by atoms with Gasteiger partial charge in [0.2, 0.25) is 0 Å². The molecule has 0 aromatic heterocycles. The molecule has 1 fully saturated rings. The van der Waals surface area contributed by atoms with Crippen molar-refractivity contribution in [1.82, 2.24) is 4.90 Å². The van der Waals surface area contributed by atoms with Crippen LogP contribution in [-0.2, 0) is 0 Å². The van der Waals surface area contributed by atoms with E-state index in [2.05, 4.69) is 4.90 Å². The molecular formula is C15H22FNO2. The number of hydrogen-bond acceptors (Lipinski definition) is 3. The first kappa shape index (κ1) is 14.3. The van der Waals surface area contributed by atoms with Crippen molar-refractivity contribution in [2.75, 3.05) is 26.2 Å². The van der Waals surface area contributed by atoms with E-state index in [1.54, 1.807) is 18.2 Å². The van der Waals surface area contributed by atoms with Gasteiger partial charge >= 0.3 is 0 Å². The predicted molar refractivity (Wildman–Crippen MR) is 72.8 cm³/mol. The van der Waals surface area contributed by atoms with Gasteiger partial charge in [-0.3, -0.25) is 4.90 Å². The van der Waals surface area contributed by atoms with Crippen molar-refractivity contribution in [1.29, 1.82) is 0 Å². The van der Waals surface area contributed by atoms with Crippen LogP contribution < -0.4 is 4.74 Å².